The van der Waals surface area contributed by atoms with Gasteiger partial charge >= 0.3 is 5.97 Å². The van der Waals surface area contributed by atoms with Gasteiger partial charge in [0.25, 0.3) is 10.0 Å². The Morgan fingerprint density at radius 2 is 1.79 bits per heavy atom. The molecule has 0 saturated heterocycles. The van der Waals surface area contributed by atoms with Crippen LogP contribution in [0.15, 0.2) is 47.8 Å². The molecule has 0 amide bonds. The summed E-state index contributed by atoms with van der Waals surface area (Å²) in [6, 6.07) is 3.30. The van der Waals surface area contributed by atoms with Crippen LogP contribution in [-0.4, -0.2) is 37.6 Å². The zero-order chi connectivity index (χ0) is 21.3. The van der Waals surface area contributed by atoms with Crippen molar-refractivity contribution in [1.29, 1.82) is 0 Å². The quantitative estimate of drug-likeness (QED) is 0.583. The third-order valence-corrected chi connectivity index (χ3v) is 5.61. The van der Waals surface area contributed by atoms with Crippen LogP contribution in [0.5, 0.6) is 5.75 Å². The van der Waals surface area contributed by atoms with Gasteiger partial charge in [0.2, 0.25) is 0 Å². The Balaban J connectivity index is 2.45. The van der Waals surface area contributed by atoms with E-state index in [4.69, 9.17) is 4.74 Å². The number of benzene rings is 1. The lowest BCUT2D eigenvalue weighted by Gasteiger charge is -2.13. The number of aromatic nitrogens is 2. The lowest BCUT2D eigenvalue weighted by molar-refractivity contribution is 0.0597. The van der Waals surface area contributed by atoms with Crippen molar-refractivity contribution < 1.29 is 35.9 Å². The van der Waals surface area contributed by atoms with Gasteiger partial charge in [0.15, 0.2) is 5.75 Å². The fourth-order valence-electron chi connectivity index (χ4n) is 2.73. The number of hydrogen-bond donors (Lipinski definition) is 0. The van der Waals surface area contributed by atoms with Gasteiger partial charge in [-0.2, -0.15) is 0 Å². The predicted molar refractivity (Wildman–Crippen MR) is 94.5 cm³/mol. The molecule has 2 aromatic heterocycles. The van der Waals surface area contributed by atoms with E-state index in [-0.39, 0.29) is 4.90 Å². The van der Waals surface area contributed by atoms with Crippen LogP contribution in [-0.2, 0) is 14.8 Å². The molecule has 0 unspecified atom stereocenters. The number of halogens is 3. The highest BCUT2D eigenvalue weighted by Crippen LogP contribution is 2.40. The summed E-state index contributed by atoms with van der Waals surface area (Å²) in [5, 5.41) is 0. The summed E-state index contributed by atoms with van der Waals surface area (Å²) in [6.45, 7) is 0. The van der Waals surface area contributed by atoms with Crippen molar-refractivity contribution in [3.63, 3.8) is 0 Å². The topological polar surface area (TPSA) is 87.5 Å². The summed E-state index contributed by atoms with van der Waals surface area (Å²) in [4.78, 5) is 15.5. The van der Waals surface area contributed by atoms with Crippen molar-refractivity contribution in [3.8, 4) is 17.0 Å². The summed E-state index contributed by atoms with van der Waals surface area (Å²) in [5.74, 6) is -5.46. The first-order valence-corrected chi connectivity index (χ1v) is 9.34. The fraction of sp³-hybridized carbons (Fsp3) is 0.111. The van der Waals surface area contributed by atoms with Gasteiger partial charge < -0.3 is 9.47 Å². The van der Waals surface area contributed by atoms with Gasteiger partial charge in [-0.05, 0) is 12.1 Å². The van der Waals surface area contributed by atoms with Crippen molar-refractivity contribution in [3.05, 3.63) is 65.9 Å². The molecule has 7 nitrogen and oxygen atoms in total. The van der Waals surface area contributed by atoms with Gasteiger partial charge in [0.1, 0.15) is 33.6 Å². The Bertz CT molecular complexity index is 1170. The van der Waals surface area contributed by atoms with Crippen molar-refractivity contribution >= 4 is 16.0 Å². The molecular weight excluding hydrogens is 413 g/mol. The molecule has 2 heterocycles. The normalized spacial score (nSPS) is 11.3. The smallest absolute Gasteiger partial charge is 0.343 e. The summed E-state index contributed by atoms with van der Waals surface area (Å²) >= 11 is 0. The minimum atomic E-state index is -4.48. The number of ether oxygens (including phenoxy) is 2. The van der Waals surface area contributed by atoms with Crippen molar-refractivity contribution in [2.24, 2.45) is 0 Å². The Hall–Kier alpha value is -3.34. The molecule has 29 heavy (non-hydrogen) atoms. The van der Waals surface area contributed by atoms with Crippen LogP contribution >= 0.6 is 0 Å². The van der Waals surface area contributed by atoms with Crippen LogP contribution in [0.2, 0.25) is 0 Å². The van der Waals surface area contributed by atoms with E-state index in [2.05, 4.69) is 9.72 Å². The van der Waals surface area contributed by atoms with Crippen LogP contribution in [0.4, 0.5) is 13.2 Å². The van der Waals surface area contributed by atoms with Gasteiger partial charge in [-0.25, -0.2) is 30.4 Å². The Morgan fingerprint density at radius 3 is 2.31 bits per heavy atom. The maximum Gasteiger partial charge on any atom is 0.343 e. The Labute approximate surface area is 163 Å². The van der Waals surface area contributed by atoms with Crippen molar-refractivity contribution in [2.45, 2.75) is 4.90 Å². The lowest BCUT2D eigenvalue weighted by Crippen LogP contribution is -2.14. The first kappa shape index (κ1) is 20.4. The van der Waals surface area contributed by atoms with E-state index in [9.17, 15) is 26.4 Å². The Kier molecular flexibility index (Phi) is 5.33. The summed E-state index contributed by atoms with van der Waals surface area (Å²) in [6.07, 6.45) is 3.15. The third-order valence-electron chi connectivity index (χ3n) is 3.97. The highest BCUT2D eigenvalue weighted by molar-refractivity contribution is 7.90. The zero-order valence-electron chi connectivity index (χ0n) is 15.0. The highest BCUT2D eigenvalue weighted by Gasteiger charge is 2.33. The fourth-order valence-corrected chi connectivity index (χ4v) is 4.06. The van der Waals surface area contributed by atoms with Crippen LogP contribution in [0, 0.1) is 17.5 Å². The maximum atomic E-state index is 14.5. The average molecular weight is 426 g/mol. The van der Waals surface area contributed by atoms with Crippen molar-refractivity contribution in [2.75, 3.05) is 14.2 Å². The number of carbonyl (C=O) groups is 1. The van der Waals surface area contributed by atoms with Crippen LogP contribution in [0.3, 0.4) is 0 Å². The largest absolute Gasteiger partial charge is 0.494 e. The van der Waals surface area contributed by atoms with E-state index in [0.29, 0.717) is 16.1 Å². The SMILES string of the molecule is COC(=O)c1cn(S(=O)(=O)c2cccnc2)c(-c2c(F)cc(F)cc2F)c1OC. The molecule has 3 aromatic rings. The highest BCUT2D eigenvalue weighted by atomic mass is 32.2. The standard InChI is InChI=1S/C18H13F3N2O5S/c1-27-17-12(18(24)28-2)9-23(29(25,26)11-4-3-5-22-8-11)16(17)15-13(20)6-10(19)7-14(15)21/h3-9H,1-2H3. The number of carbonyl (C=O) groups excluding carboxylic acids is 1. The van der Waals surface area contributed by atoms with E-state index in [0.717, 1.165) is 26.6 Å². The van der Waals surface area contributed by atoms with E-state index in [1.165, 1.54) is 18.3 Å². The second-order valence-corrected chi connectivity index (χ2v) is 7.47. The molecule has 3 rings (SSSR count). The van der Waals surface area contributed by atoms with Gasteiger partial charge in [0, 0.05) is 30.7 Å². The van der Waals surface area contributed by atoms with Gasteiger partial charge in [-0.15, -0.1) is 0 Å². The molecule has 1 aromatic carbocycles. The zero-order valence-corrected chi connectivity index (χ0v) is 15.8. The second kappa shape index (κ2) is 7.59. The minimum absolute atomic E-state index is 0.321. The number of hydrogen-bond acceptors (Lipinski definition) is 6. The van der Waals surface area contributed by atoms with Crippen LogP contribution < -0.4 is 4.74 Å². The van der Waals surface area contributed by atoms with Gasteiger partial charge in [-0.3, -0.25) is 4.98 Å². The minimum Gasteiger partial charge on any atom is -0.494 e. The number of esters is 1. The van der Waals surface area contributed by atoms with E-state index in [1.807, 2.05) is 0 Å². The molecule has 0 fully saturated rings. The molecule has 0 aliphatic rings. The van der Waals surface area contributed by atoms with Gasteiger partial charge in [0.05, 0.1) is 19.8 Å². The third kappa shape index (κ3) is 3.44. The monoisotopic (exact) mass is 426 g/mol. The molecule has 0 bridgehead atoms. The molecule has 0 saturated carbocycles. The molecule has 0 aliphatic carbocycles. The van der Waals surface area contributed by atoms with Gasteiger partial charge in [-0.1, -0.05) is 0 Å². The van der Waals surface area contributed by atoms with Crippen LogP contribution in [0.1, 0.15) is 10.4 Å². The lowest BCUT2D eigenvalue weighted by atomic mass is 10.1. The first-order valence-electron chi connectivity index (χ1n) is 7.90. The van der Waals surface area contributed by atoms with E-state index in [1.54, 1.807) is 0 Å². The number of methoxy groups -OCH3 is 2. The number of nitrogens with zero attached hydrogens (tertiary/aromatic N) is 2. The van der Waals surface area contributed by atoms with Crippen molar-refractivity contribution in [1.82, 2.24) is 8.96 Å². The summed E-state index contributed by atoms with van der Waals surface area (Å²) in [7, 11) is -2.37. The summed E-state index contributed by atoms with van der Waals surface area (Å²) in [5.41, 5.74) is -1.95. The van der Waals surface area contributed by atoms with E-state index < -0.39 is 56.0 Å². The summed E-state index contributed by atoms with van der Waals surface area (Å²) < 4.78 is 78.7. The van der Waals surface area contributed by atoms with Crippen LogP contribution in [0.25, 0.3) is 11.3 Å². The molecule has 11 heteroatoms. The molecule has 152 valence electrons. The molecule has 0 radical (unpaired) electrons. The second-order valence-electron chi connectivity index (χ2n) is 5.65. The van der Waals surface area contributed by atoms with E-state index >= 15 is 0 Å². The average Bonchev–Trinajstić information content (AvgIpc) is 3.07. The first-order chi connectivity index (χ1) is 13.7. The Morgan fingerprint density at radius 1 is 1.14 bits per heavy atom. The number of pyridine rings is 1. The maximum absolute atomic E-state index is 14.5. The molecule has 0 aliphatic heterocycles. The molecule has 0 spiro atoms. The number of rotatable bonds is 5. The molecular formula is C18H13F3N2O5S. The molecule has 0 atom stereocenters. The predicted octanol–water partition coefficient (Wildman–Crippen LogP) is 3.00. The molecule has 0 N–H and O–H groups in total.